The standard InChI is InChI=1S/C18H19N3O/c1-21-10-14-9-20-18(22)16-7-12(13-3-2-6-19-8-13)4-5-15(16)17(14)11-21/h2-8,14,17H,9-11H2,1H3,(H,20,22)/t14-,17-/m1/s1. The van der Waals surface area contributed by atoms with Gasteiger partial charge in [-0.1, -0.05) is 18.2 Å². The first kappa shape index (κ1) is 13.5. The van der Waals surface area contributed by atoms with Gasteiger partial charge in [0.25, 0.3) is 5.91 Å². The molecule has 0 radical (unpaired) electrons. The predicted molar refractivity (Wildman–Crippen MR) is 85.7 cm³/mol. The van der Waals surface area contributed by atoms with Crippen molar-refractivity contribution in [2.24, 2.45) is 5.92 Å². The first-order valence-electron chi connectivity index (χ1n) is 7.73. The number of likely N-dealkylation sites (tertiary alicyclic amines) is 1. The number of nitrogens with zero attached hydrogens (tertiary/aromatic N) is 2. The van der Waals surface area contributed by atoms with Gasteiger partial charge < -0.3 is 10.2 Å². The summed E-state index contributed by atoms with van der Waals surface area (Å²) in [6.07, 6.45) is 3.60. The fourth-order valence-corrected chi connectivity index (χ4v) is 3.75. The number of hydrogen-bond donors (Lipinski definition) is 1. The van der Waals surface area contributed by atoms with E-state index in [9.17, 15) is 4.79 Å². The number of hydrogen-bond acceptors (Lipinski definition) is 3. The normalized spacial score (nSPS) is 24.3. The molecule has 1 N–H and O–H groups in total. The molecule has 2 atom stereocenters. The smallest absolute Gasteiger partial charge is 0.251 e. The summed E-state index contributed by atoms with van der Waals surface area (Å²) in [6, 6.07) is 10.2. The van der Waals surface area contributed by atoms with Crippen LogP contribution in [0.1, 0.15) is 21.8 Å². The predicted octanol–water partition coefficient (Wildman–Crippen LogP) is 2.14. The third kappa shape index (κ3) is 2.20. The van der Waals surface area contributed by atoms with Crippen LogP contribution < -0.4 is 5.32 Å². The summed E-state index contributed by atoms with van der Waals surface area (Å²) in [5.74, 6) is 1.01. The minimum atomic E-state index is 0.0535. The van der Waals surface area contributed by atoms with Crippen LogP contribution in [0, 0.1) is 5.92 Å². The minimum Gasteiger partial charge on any atom is -0.352 e. The van der Waals surface area contributed by atoms with Gasteiger partial charge in [-0.05, 0) is 36.2 Å². The van der Waals surface area contributed by atoms with E-state index in [0.29, 0.717) is 11.8 Å². The zero-order valence-corrected chi connectivity index (χ0v) is 12.6. The molecular weight excluding hydrogens is 274 g/mol. The van der Waals surface area contributed by atoms with Crippen molar-refractivity contribution >= 4 is 5.91 Å². The van der Waals surface area contributed by atoms with E-state index in [1.807, 2.05) is 24.4 Å². The van der Waals surface area contributed by atoms with Crippen LogP contribution in [-0.4, -0.2) is 42.5 Å². The Morgan fingerprint density at radius 3 is 2.95 bits per heavy atom. The summed E-state index contributed by atoms with van der Waals surface area (Å²) in [5, 5.41) is 3.09. The van der Waals surface area contributed by atoms with Gasteiger partial charge in [-0.3, -0.25) is 9.78 Å². The van der Waals surface area contributed by atoms with E-state index in [1.54, 1.807) is 6.20 Å². The third-order valence-corrected chi connectivity index (χ3v) is 4.84. The number of carbonyl (C=O) groups is 1. The highest BCUT2D eigenvalue weighted by atomic mass is 16.1. The quantitative estimate of drug-likeness (QED) is 0.876. The lowest BCUT2D eigenvalue weighted by atomic mass is 9.86. The average Bonchev–Trinajstić information content (AvgIpc) is 2.88. The summed E-state index contributed by atoms with van der Waals surface area (Å²) >= 11 is 0. The van der Waals surface area contributed by atoms with E-state index in [4.69, 9.17) is 0 Å². The van der Waals surface area contributed by atoms with Gasteiger partial charge in [0.1, 0.15) is 0 Å². The van der Waals surface area contributed by atoms with E-state index in [0.717, 1.165) is 36.3 Å². The number of benzene rings is 1. The highest BCUT2D eigenvalue weighted by Crippen LogP contribution is 2.36. The van der Waals surface area contributed by atoms with Crippen LogP contribution in [0.3, 0.4) is 0 Å². The van der Waals surface area contributed by atoms with Crippen LogP contribution in [0.25, 0.3) is 11.1 Å². The molecule has 2 aromatic rings. The van der Waals surface area contributed by atoms with Crippen LogP contribution >= 0.6 is 0 Å². The largest absolute Gasteiger partial charge is 0.352 e. The van der Waals surface area contributed by atoms with Crippen molar-refractivity contribution in [2.45, 2.75) is 5.92 Å². The molecule has 0 aliphatic carbocycles. The lowest BCUT2D eigenvalue weighted by Gasteiger charge is -2.17. The Bertz CT molecular complexity index is 714. The molecule has 1 saturated heterocycles. The van der Waals surface area contributed by atoms with Gasteiger partial charge >= 0.3 is 0 Å². The molecule has 22 heavy (non-hydrogen) atoms. The number of amides is 1. The molecular formula is C18H19N3O. The molecule has 1 aromatic heterocycles. The summed E-state index contributed by atoms with van der Waals surface area (Å²) in [7, 11) is 2.15. The van der Waals surface area contributed by atoms with Crippen LogP contribution in [-0.2, 0) is 0 Å². The molecule has 0 spiro atoms. The van der Waals surface area contributed by atoms with Crippen LogP contribution in [0.2, 0.25) is 0 Å². The molecule has 2 aliphatic heterocycles. The van der Waals surface area contributed by atoms with Crippen molar-refractivity contribution < 1.29 is 4.79 Å². The Balaban J connectivity index is 1.80. The summed E-state index contributed by atoms with van der Waals surface area (Å²) in [6.45, 7) is 2.85. The van der Waals surface area contributed by atoms with Gasteiger partial charge in [0, 0.05) is 49.1 Å². The molecule has 4 heteroatoms. The Labute approximate surface area is 130 Å². The Hall–Kier alpha value is -2.20. The van der Waals surface area contributed by atoms with E-state index >= 15 is 0 Å². The molecule has 0 saturated carbocycles. The molecule has 0 unspecified atom stereocenters. The molecule has 4 nitrogen and oxygen atoms in total. The highest BCUT2D eigenvalue weighted by molar-refractivity contribution is 5.97. The van der Waals surface area contributed by atoms with Crippen LogP contribution in [0.5, 0.6) is 0 Å². The molecule has 4 rings (SSSR count). The monoisotopic (exact) mass is 293 g/mol. The number of pyridine rings is 1. The van der Waals surface area contributed by atoms with Gasteiger partial charge in [-0.15, -0.1) is 0 Å². The highest BCUT2D eigenvalue weighted by Gasteiger charge is 2.36. The topological polar surface area (TPSA) is 45.2 Å². The van der Waals surface area contributed by atoms with Crippen molar-refractivity contribution in [2.75, 3.05) is 26.7 Å². The van der Waals surface area contributed by atoms with Crippen molar-refractivity contribution in [1.82, 2.24) is 15.2 Å². The second-order valence-corrected chi connectivity index (χ2v) is 6.34. The van der Waals surface area contributed by atoms with E-state index in [2.05, 4.69) is 34.4 Å². The molecule has 1 fully saturated rings. The third-order valence-electron chi connectivity index (χ3n) is 4.84. The van der Waals surface area contributed by atoms with Gasteiger partial charge in [0.15, 0.2) is 0 Å². The number of rotatable bonds is 1. The zero-order chi connectivity index (χ0) is 15.1. The number of fused-ring (bicyclic) bond motifs is 3. The lowest BCUT2D eigenvalue weighted by Crippen LogP contribution is -2.29. The molecule has 0 bridgehead atoms. The molecule has 1 aromatic carbocycles. The minimum absolute atomic E-state index is 0.0535. The fraction of sp³-hybridized carbons (Fsp3) is 0.333. The molecule has 112 valence electrons. The van der Waals surface area contributed by atoms with E-state index < -0.39 is 0 Å². The van der Waals surface area contributed by atoms with Crippen molar-refractivity contribution in [1.29, 1.82) is 0 Å². The maximum atomic E-state index is 12.5. The molecule has 3 heterocycles. The van der Waals surface area contributed by atoms with E-state index in [-0.39, 0.29) is 5.91 Å². The summed E-state index contributed by atoms with van der Waals surface area (Å²) in [5.41, 5.74) is 4.11. The number of nitrogens with one attached hydrogen (secondary N) is 1. The lowest BCUT2D eigenvalue weighted by molar-refractivity contribution is 0.0951. The van der Waals surface area contributed by atoms with Gasteiger partial charge in [0.2, 0.25) is 0 Å². The van der Waals surface area contributed by atoms with Gasteiger partial charge in [0.05, 0.1) is 0 Å². The average molecular weight is 293 g/mol. The Morgan fingerprint density at radius 1 is 1.23 bits per heavy atom. The second kappa shape index (κ2) is 5.21. The first-order chi connectivity index (χ1) is 10.7. The maximum Gasteiger partial charge on any atom is 0.251 e. The Morgan fingerprint density at radius 2 is 2.14 bits per heavy atom. The zero-order valence-electron chi connectivity index (χ0n) is 12.6. The maximum absolute atomic E-state index is 12.5. The van der Waals surface area contributed by atoms with Crippen molar-refractivity contribution in [3.05, 3.63) is 53.9 Å². The number of aromatic nitrogens is 1. The summed E-state index contributed by atoms with van der Waals surface area (Å²) < 4.78 is 0. The fourth-order valence-electron chi connectivity index (χ4n) is 3.75. The van der Waals surface area contributed by atoms with E-state index in [1.165, 1.54) is 5.56 Å². The summed E-state index contributed by atoms with van der Waals surface area (Å²) in [4.78, 5) is 19.0. The van der Waals surface area contributed by atoms with Crippen molar-refractivity contribution in [3.63, 3.8) is 0 Å². The first-order valence-corrected chi connectivity index (χ1v) is 7.73. The number of likely N-dealkylation sites (N-methyl/N-ethyl adjacent to an activating group) is 1. The van der Waals surface area contributed by atoms with Crippen molar-refractivity contribution in [3.8, 4) is 11.1 Å². The Kier molecular flexibility index (Phi) is 3.19. The molecule has 1 amide bonds. The van der Waals surface area contributed by atoms with Gasteiger partial charge in [-0.2, -0.15) is 0 Å². The SMILES string of the molecule is CN1C[C@H]2CNC(=O)c3cc(-c4cccnc4)ccc3[C@@H]2C1. The number of carbonyl (C=O) groups excluding carboxylic acids is 1. The van der Waals surface area contributed by atoms with Crippen LogP contribution in [0.15, 0.2) is 42.7 Å². The molecule has 2 aliphatic rings. The van der Waals surface area contributed by atoms with Gasteiger partial charge in [-0.25, -0.2) is 0 Å². The second-order valence-electron chi connectivity index (χ2n) is 6.34. The van der Waals surface area contributed by atoms with Crippen LogP contribution in [0.4, 0.5) is 0 Å².